The number of hydrogen-bond donors (Lipinski definition) is 0. The molecule has 76 heavy (non-hydrogen) atoms. The van der Waals surface area contributed by atoms with Crippen LogP contribution >= 0.6 is 0 Å². The van der Waals surface area contributed by atoms with Crippen LogP contribution in [-0.2, 0) is 28.6 Å². The zero-order valence-corrected chi connectivity index (χ0v) is 49.5. The van der Waals surface area contributed by atoms with Gasteiger partial charge in [-0.3, -0.25) is 14.4 Å². The number of ether oxygens (including phenoxy) is 3. The van der Waals surface area contributed by atoms with Crippen molar-refractivity contribution >= 4 is 17.9 Å². The minimum Gasteiger partial charge on any atom is -0.462 e. The summed E-state index contributed by atoms with van der Waals surface area (Å²) in [6.07, 6.45) is 88.0. The first kappa shape index (κ1) is 71.8. The van der Waals surface area contributed by atoms with Crippen LogP contribution in [-0.4, -0.2) is 37.2 Å². The Morgan fingerprint density at radius 3 is 0.934 bits per heavy atom. The molecule has 0 aliphatic rings. The fourth-order valence-corrected chi connectivity index (χ4v) is 8.49. The molecule has 0 saturated carbocycles. The van der Waals surface area contributed by atoms with Gasteiger partial charge >= 0.3 is 17.9 Å². The third-order valence-corrected chi connectivity index (χ3v) is 13.2. The van der Waals surface area contributed by atoms with Crippen LogP contribution in [0, 0.1) is 0 Å². The lowest BCUT2D eigenvalue weighted by atomic mass is 10.1. The Hall–Kier alpha value is -4.19. The summed E-state index contributed by atoms with van der Waals surface area (Å²) in [5, 5.41) is 0. The Kier molecular flexibility index (Phi) is 59.9. The van der Waals surface area contributed by atoms with Crippen molar-refractivity contribution < 1.29 is 28.6 Å². The second-order valence-electron chi connectivity index (χ2n) is 20.6. The van der Waals surface area contributed by atoms with Crippen molar-refractivity contribution in [3.8, 4) is 0 Å². The van der Waals surface area contributed by atoms with Gasteiger partial charge in [0.15, 0.2) is 6.10 Å². The molecule has 0 spiro atoms. The number of rotatable bonds is 56. The SMILES string of the molecule is CC/C=C\C/C=C\C/C=C\C/C=C\C/C=C\CC(=O)OCC(COC(=O)CCCCCCCCCCCC/C=C\C/C=C\C/C=C\CCCCCCC)OC(=O)CCCCCCCCC/C=C\C/C=C\CCCCCC. The summed E-state index contributed by atoms with van der Waals surface area (Å²) in [5.41, 5.74) is 0. The van der Waals surface area contributed by atoms with E-state index in [0.717, 1.165) is 96.3 Å². The molecular formula is C70H116O6. The van der Waals surface area contributed by atoms with E-state index in [-0.39, 0.29) is 31.6 Å². The predicted molar refractivity (Wildman–Crippen MR) is 330 cm³/mol. The number of unbranched alkanes of at least 4 members (excludes halogenated alkanes) is 26. The highest BCUT2D eigenvalue weighted by Gasteiger charge is 2.19. The summed E-state index contributed by atoms with van der Waals surface area (Å²) in [6.45, 7) is 6.41. The van der Waals surface area contributed by atoms with Crippen LogP contribution < -0.4 is 0 Å². The highest BCUT2D eigenvalue weighted by molar-refractivity contribution is 5.72. The summed E-state index contributed by atoms with van der Waals surface area (Å²) in [6, 6.07) is 0. The normalized spacial score (nSPS) is 12.9. The fourth-order valence-electron chi connectivity index (χ4n) is 8.49. The molecule has 0 rings (SSSR count). The molecule has 0 amide bonds. The van der Waals surface area contributed by atoms with Crippen LogP contribution in [0.5, 0.6) is 0 Å². The lowest BCUT2D eigenvalue weighted by Crippen LogP contribution is -2.30. The van der Waals surface area contributed by atoms with Gasteiger partial charge in [0.2, 0.25) is 0 Å². The average Bonchev–Trinajstić information content (AvgIpc) is 3.42. The molecule has 0 aliphatic carbocycles. The van der Waals surface area contributed by atoms with E-state index in [1.807, 2.05) is 6.08 Å². The number of esters is 3. The minimum atomic E-state index is -0.828. The van der Waals surface area contributed by atoms with E-state index in [9.17, 15) is 14.4 Å². The Bertz CT molecular complexity index is 1590. The molecule has 0 aromatic heterocycles. The van der Waals surface area contributed by atoms with Crippen molar-refractivity contribution in [2.75, 3.05) is 13.2 Å². The van der Waals surface area contributed by atoms with Gasteiger partial charge in [-0.15, -0.1) is 0 Å². The van der Waals surface area contributed by atoms with Crippen LogP contribution in [0.25, 0.3) is 0 Å². The third kappa shape index (κ3) is 60.7. The van der Waals surface area contributed by atoms with Gasteiger partial charge in [-0.25, -0.2) is 0 Å². The highest BCUT2D eigenvalue weighted by Crippen LogP contribution is 2.15. The molecule has 6 nitrogen and oxygen atoms in total. The first-order valence-electron chi connectivity index (χ1n) is 31.5. The van der Waals surface area contributed by atoms with Crippen molar-refractivity contribution in [3.63, 3.8) is 0 Å². The molecule has 1 atom stereocenters. The zero-order valence-electron chi connectivity index (χ0n) is 49.5. The summed E-state index contributed by atoms with van der Waals surface area (Å²) in [5.74, 6) is -1.06. The first-order valence-corrected chi connectivity index (χ1v) is 31.5. The lowest BCUT2D eigenvalue weighted by Gasteiger charge is -2.18. The molecule has 0 radical (unpaired) electrons. The quantitative estimate of drug-likeness (QED) is 0.0261. The summed E-state index contributed by atoms with van der Waals surface area (Å²) in [4.78, 5) is 38.2. The second-order valence-corrected chi connectivity index (χ2v) is 20.6. The van der Waals surface area contributed by atoms with Gasteiger partial charge in [-0.1, -0.05) is 271 Å². The van der Waals surface area contributed by atoms with Gasteiger partial charge in [-0.05, 0) is 116 Å². The van der Waals surface area contributed by atoms with Gasteiger partial charge in [-0.2, -0.15) is 0 Å². The second kappa shape index (κ2) is 63.3. The van der Waals surface area contributed by atoms with Crippen molar-refractivity contribution in [1.82, 2.24) is 0 Å². The van der Waals surface area contributed by atoms with Crippen LogP contribution in [0.15, 0.2) is 122 Å². The van der Waals surface area contributed by atoms with Crippen LogP contribution in [0.4, 0.5) is 0 Å². The van der Waals surface area contributed by atoms with Crippen LogP contribution in [0.2, 0.25) is 0 Å². The maximum atomic E-state index is 12.9. The molecule has 432 valence electrons. The molecule has 1 unspecified atom stereocenters. The standard InChI is InChI=1S/C70H116O6/c1-4-7-10-13-16-19-22-25-28-30-32-33-34-35-36-37-38-40-42-45-48-51-54-57-60-63-69(72)75-66-67(65-74-68(71)62-59-56-53-50-47-44-41-27-24-21-18-15-12-9-6-3)76-70(73)64-61-58-55-52-49-46-43-39-31-29-26-23-20-17-14-11-8-5-2/h9,12,18,20-23,25,27,29-32,34-35,41,47,50,56,59,67H,4-8,10-11,13-17,19,24,26,28,33,36-40,42-46,48-49,51-55,57-58,60-66H2,1-3H3/b12-9-,21-18-,23-20-,25-22-,31-29-,32-30-,35-34-,41-27-,50-47-,59-56-. The zero-order chi connectivity index (χ0) is 55.0. The first-order chi connectivity index (χ1) is 37.5. The van der Waals surface area contributed by atoms with E-state index in [0.29, 0.717) is 12.8 Å². The third-order valence-electron chi connectivity index (χ3n) is 13.2. The van der Waals surface area contributed by atoms with Gasteiger partial charge in [0.05, 0.1) is 6.42 Å². The van der Waals surface area contributed by atoms with E-state index < -0.39 is 12.1 Å². The summed E-state index contributed by atoms with van der Waals surface area (Å²) < 4.78 is 16.8. The molecule has 6 heteroatoms. The van der Waals surface area contributed by atoms with Crippen molar-refractivity contribution in [1.29, 1.82) is 0 Å². The van der Waals surface area contributed by atoms with E-state index in [2.05, 4.69) is 130 Å². The largest absolute Gasteiger partial charge is 0.462 e. The number of hydrogen-bond acceptors (Lipinski definition) is 6. The van der Waals surface area contributed by atoms with E-state index >= 15 is 0 Å². The fraction of sp³-hybridized carbons (Fsp3) is 0.671. The molecule has 0 aromatic rings. The van der Waals surface area contributed by atoms with Crippen LogP contribution in [0.1, 0.15) is 284 Å². The lowest BCUT2D eigenvalue weighted by molar-refractivity contribution is -0.166. The topological polar surface area (TPSA) is 78.9 Å². The molecule has 0 bridgehead atoms. The minimum absolute atomic E-state index is 0.115. The van der Waals surface area contributed by atoms with Gasteiger partial charge < -0.3 is 14.2 Å². The predicted octanol–water partition coefficient (Wildman–Crippen LogP) is 21.6. The monoisotopic (exact) mass is 1050 g/mol. The maximum Gasteiger partial charge on any atom is 0.309 e. The Morgan fingerprint density at radius 2 is 0.566 bits per heavy atom. The average molecular weight is 1050 g/mol. The molecular weight excluding hydrogens is 937 g/mol. The van der Waals surface area contributed by atoms with Crippen LogP contribution in [0.3, 0.4) is 0 Å². The van der Waals surface area contributed by atoms with Crippen molar-refractivity contribution in [2.45, 2.75) is 290 Å². The smallest absolute Gasteiger partial charge is 0.309 e. The molecule has 0 fully saturated rings. The van der Waals surface area contributed by atoms with E-state index in [1.54, 1.807) is 6.08 Å². The Labute approximate surface area is 469 Å². The maximum absolute atomic E-state index is 12.9. The summed E-state index contributed by atoms with van der Waals surface area (Å²) >= 11 is 0. The number of carbonyl (C=O) groups excluding carboxylic acids is 3. The number of allylic oxidation sites excluding steroid dienone is 19. The number of carbonyl (C=O) groups is 3. The summed E-state index contributed by atoms with van der Waals surface area (Å²) in [7, 11) is 0. The van der Waals surface area contributed by atoms with Gasteiger partial charge in [0.25, 0.3) is 0 Å². The van der Waals surface area contributed by atoms with E-state index in [4.69, 9.17) is 14.2 Å². The Balaban J connectivity index is 4.44. The molecule has 0 N–H and O–H groups in total. The molecule has 0 saturated heterocycles. The van der Waals surface area contributed by atoms with Gasteiger partial charge in [0, 0.05) is 12.8 Å². The van der Waals surface area contributed by atoms with E-state index in [1.165, 1.54) is 148 Å². The molecule has 0 aromatic carbocycles. The Morgan fingerprint density at radius 1 is 0.289 bits per heavy atom. The highest BCUT2D eigenvalue weighted by atomic mass is 16.6. The van der Waals surface area contributed by atoms with Gasteiger partial charge in [0.1, 0.15) is 13.2 Å². The van der Waals surface area contributed by atoms with Crippen molar-refractivity contribution in [2.24, 2.45) is 0 Å². The molecule has 0 heterocycles. The van der Waals surface area contributed by atoms with Crippen molar-refractivity contribution in [3.05, 3.63) is 122 Å². The molecule has 0 aliphatic heterocycles.